The normalized spacial score (nSPS) is 17.9. The molecule has 1 aromatic heterocycles. The van der Waals surface area contributed by atoms with E-state index in [2.05, 4.69) is 4.98 Å². The van der Waals surface area contributed by atoms with Crippen molar-refractivity contribution in [1.29, 1.82) is 0 Å². The highest BCUT2D eigenvalue weighted by atomic mass is 32.2. The van der Waals surface area contributed by atoms with Crippen LogP contribution in [0.1, 0.15) is 24.3 Å². The smallest absolute Gasteiger partial charge is 0.315 e. The molecule has 2 atom stereocenters. The Kier molecular flexibility index (Phi) is 7.39. The van der Waals surface area contributed by atoms with Crippen molar-refractivity contribution in [3.8, 4) is 11.1 Å². The third kappa shape index (κ3) is 5.33. The van der Waals surface area contributed by atoms with Gasteiger partial charge in [-0.15, -0.1) is 0 Å². The molecule has 3 rings (SSSR count). The summed E-state index contributed by atoms with van der Waals surface area (Å²) in [5.74, 6) is -1.78. The van der Waals surface area contributed by atoms with E-state index in [1.54, 1.807) is 23.5 Å². The second kappa shape index (κ2) is 9.74. The number of halogens is 4. The summed E-state index contributed by atoms with van der Waals surface area (Å²) in [6.07, 6.45) is -3.45. The number of pyridine rings is 1. The molecule has 1 aromatic carbocycles. The van der Waals surface area contributed by atoms with Gasteiger partial charge in [0, 0.05) is 11.8 Å². The number of rotatable bonds is 9. The molecule has 1 aliphatic rings. The number of carbonyl (C=O) groups is 1. The second-order valence-corrected chi connectivity index (χ2v) is 9.96. The van der Waals surface area contributed by atoms with E-state index >= 15 is 0 Å². The van der Waals surface area contributed by atoms with Crippen molar-refractivity contribution in [3.05, 3.63) is 53.9 Å². The van der Waals surface area contributed by atoms with Crippen LogP contribution in [-0.2, 0) is 20.5 Å². The zero-order chi connectivity index (χ0) is 24.4. The molecule has 1 amide bonds. The van der Waals surface area contributed by atoms with Gasteiger partial charge in [-0.25, -0.2) is 17.2 Å². The molecule has 1 saturated heterocycles. The van der Waals surface area contributed by atoms with Crippen molar-refractivity contribution < 1.29 is 35.9 Å². The Morgan fingerprint density at radius 1 is 1.18 bits per heavy atom. The maximum Gasteiger partial charge on any atom is 0.315 e. The maximum atomic E-state index is 15.0. The van der Waals surface area contributed by atoms with Crippen LogP contribution in [-0.4, -0.2) is 66.7 Å². The minimum Gasteiger partial charge on any atom is -0.386 e. The number of aromatic nitrogens is 1. The monoisotopic (exact) mass is 489 g/mol. The first-order valence-electron chi connectivity index (χ1n) is 10.1. The Bertz CT molecular complexity index is 1080. The van der Waals surface area contributed by atoms with Crippen LogP contribution in [0.4, 0.5) is 17.6 Å². The van der Waals surface area contributed by atoms with Gasteiger partial charge in [-0.05, 0) is 24.1 Å². The number of aliphatic hydroxyl groups excluding tert-OH is 1. The van der Waals surface area contributed by atoms with Crippen LogP contribution in [0.15, 0.2) is 42.6 Å². The molecule has 7 nitrogen and oxygen atoms in total. The molecule has 180 valence electrons. The molecule has 33 heavy (non-hydrogen) atoms. The molecule has 0 spiro atoms. The Balaban J connectivity index is 1.68. The lowest BCUT2D eigenvalue weighted by Crippen LogP contribution is -2.59. The van der Waals surface area contributed by atoms with Crippen LogP contribution in [0.3, 0.4) is 0 Å². The summed E-state index contributed by atoms with van der Waals surface area (Å²) < 4.78 is 77.5. The number of benzene rings is 1. The van der Waals surface area contributed by atoms with Crippen molar-refractivity contribution in [2.75, 3.05) is 25.5 Å². The number of carbonyl (C=O) groups excluding carboxylic acids is 1. The summed E-state index contributed by atoms with van der Waals surface area (Å²) in [7, 11) is -3.46. The average Bonchev–Trinajstić information content (AvgIpc) is 2.80. The standard InChI is InChI=1S/C21H23F4N3O4S/c1-2-33(31,32)28-11-21(25,12-28)17-8-7-15(10-26-17)13-3-5-14(6-4-13)18(29)16(9-22)27-20(30)19(23)24/h3-8,10,16,18-19,29H,2,9,11-12H2,1H3,(H,27,30)/t16-,18-/m1/s1. The molecule has 2 N–H and O–H groups in total. The van der Waals surface area contributed by atoms with E-state index in [1.807, 2.05) is 0 Å². The van der Waals surface area contributed by atoms with E-state index in [0.717, 1.165) is 4.31 Å². The number of alkyl halides is 4. The third-order valence-corrected chi connectivity index (χ3v) is 7.27. The van der Waals surface area contributed by atoms with E-state index < -0.39 is 46.8 Å². The highest BCUT2D eigenvalue weighted by Crippen LogP contribution is 2.37. The number of hydrogen-bond donors (Lipinski definition) is 2. The van der Waals surface area contributed by atoms with E-state index in [1.165, 1.54) is 31.3 Å². The molecular weight excluding hydrogens is 466 g/mol. The van der Waals surface area contributed by atoms with Gasteiger partial charge >= 0.3 is 6.43 Å². The van der Waals surface area contributed by atoms with Crippen LogP contribution in [0, 0.1) is 0 Å². The number of hydrogen-bond acceptors (Lipinski definition) is 5. The van der Waals surface area contributed by atoms with E-state index in [0.29, 0.717) is 11.1 Å². The van der Waals surface area contributed by atoms with E-state index in [-0.39, 0.29) is 30.1 Å². The number of amides is 1. The lowest BCUT2D eigenvalue weighted by molar-refractivity contribution is -0.133. The van der Waals surface area contributed by atoms with E-state index in [4.69, 9.17) is 0 Å². The van der Waals surface area contributed by atoms with Crippen LogP contribution >= 0.6 is 0 Å². The topological polar surface area (TPSA) is 99.6 Å². The van der Waals surface area contributed by atoms with Crippen molar-refractivity contribution in [2.24, 2.45) is 0 Å². The number of nitrogens with one attached hydrogen (secondary N) is 1. The SMILES string of the molecule is CCS(=O)(=O)N1CC(F)(c2ccc(-c3ccc([C@@H](O)[C@@H](CF)NC(=O)C(F)F)cc3)cn2)C1. The molecular formula is C21H23F4N3O4S. The molecule has 1 aliphatic heterocycles. The summed E-state index contributed by atoms with van der Waals surface area (Å²) in [6.45, 7) is -0.337. The molecule has 0 saturated carbocycles. The first-order chi connectivity index (χ1) is 15.5. The van der Waals surface area contributed by atoms with Crippen LogP contribution in [0.25, 0.3) is 11.1 Å². The van der Waals surface area contributed by atoms with Gasteiger partial charge in [-0.1, -0.05) is 30.3 Å². The minimum atomic E-state index is -3.46. The van der Waals surface area contributed by atoms with Gasteiger partial charge in [0.2, 0.25) is 10.0 Å². The third-order valence-electron chi connectivity index (χ3n) is 5.49. The molecule has 12 heteroatoms. The summed E-state index contributed by atoms with van der Waals surface area (Å²) in [5.41, 5.74) is -0.307. The minimum absolute atomic E-state index is 0.106. The molecule has 2 heterocycles. The predicted molar refractivity (Wildman–Crippen MR) is 112 cm³/mol. The lowest BCUT2D eigenvalue weighted by atomic mass is 9.93. The van der Waals surface area contributed by atoms with Gasteiger partial charge in [0.1, 0.15) is 12.8 Å². The molecule has 0 bridgehead atoms. The van der Waals surface area contributed by atoms with Crippen molar-refractivity contribution in [2.45, 2.75) is 31.2 Å². The highest BCUT2D eigenvalue weighted by Gasteiger charge is 2.50. The molecule has 0 aliphatic carbocycles. The van der Waals surface area contributed by atoms with Crippen molar-refractivity contribution in [1.82, 2.24) is 14.6 Å². The quantitative estimate of drug-likeness (QED) is 0.527. The zero-order valence-electron chi connectivity index (χ0n) is 17.6. The van der Waals surface area contributed by atoms with Crippen molar-refractivity contribution in [3.63, 3.8) is 0 Å². The van der Waals surface area contributed by atoms with Gasteiger partial charge in [0.05, 0.1) is 30.6 Å². The van der Waals surface area contributed by atoms with Crippen LogP contribution < -0.4 is 5.32 Å². The fourth-order valence-corrected chi connectivity index (χ4v) is 4.60. The van der Waals surface area contributed by atoms with E-state index in [9.17, 15) is 35.9 Å². The molecule has 2 aromatic rings. The Morgan fingerprint density at radius 3 is 2.27 bits per heavy atom. The summed E-state index contributed by atoms with van der Waals surface area (Å²) >= 11 is 0. The zero-order valence-corrected chi connectivity index (χ0v) is 18.4. The predicted octanol–water partition coefficient (Wildman–Crippen LogP) is 2.33. The first-order valence-corrected chi connectivity index (χ1v) is 11.7. The Hall–Kier alpha value is -2.57. The Morgan fingerprint density at radius 2 is 1.79 bits per heavy atom. The van der Waals surface area contributed by atoms with Crippen LogP contribution in [0.2, 0.25) is 0 Å². The van der Waals surface area contributed by atoms with Crippen molar-refractivity contribution >= 4 is 15.9 Å². The average molecular weight is 489 g/mol. The van der Waals surface area contributed by atoms with Gasteiger partial charge in [-0.3, -0.25) is 9.78 Å². The van der Waals surface area contributed by atoms with Gasteiger partial charge in [-0.2, -0.15) is 13.1 Å². The number of aliphatic hydroxyl groups is 1. The van der Waals surface area contributed by atoms with Gasteiger partial charge in [0.15, 0.2) is 5.67 Å². The number of nitrogens with zero attached hydrogens (tertiary/aromatic N) is 2. The van der Waals surface area contributed by atoms with Gasteiger partial charge in [0.25, 0.3) is 5.91 Å². The molecule has 0 unspecified atom stereocenters. The highest BCUT2D eigenvalue weighted by molar-refractivity contribution is 7.89. The summed E-state index contributed by atoms with van der Waals surface area (Å²) in [4.78, 5) is 15.2. The lowest BCUT2D eigenvalue weighted by Gasteiger charge is -2.42. The Labute approximate surface area is 188 Å². The fourth-order valence-electron chi connectivity index (χ4n) is 3.44. The fraction of sp³-hybridized carbons (Fsp3) is 0.429. The summed E-state index contributed by atoms with van der Waals surface area (Å²) in [5, 5.41) is 12.0. The van der Waals surface area contributed by atoms with Gasteiger partial charge < -0.3 is 10.4 Å². The van der Waals surface area contributed by atoms with Crippen LogP contribution in [0.5, 0.6) is 0 Å². The largest absolute Gasteiger partial charge is 0.386 e. The molecule has 1 fully saturated rings. The second-order valence-electron chi connectivity index (χ2n) is 7.70. The molecule has 0 radical (unpaired) electrons. The number of sulfonamides is 1. The maximum absolute atomic E-state index is 15.0. The summed E-state index contributed by atoms with van der Waals surface area (Å²) in [6, 6.07) is 7.58. The first kappa shape index (κ1) is 25.1.